The largest absolute Gasteiger partial charge is 0.146 e. The zero-order valence-electron chi connectivity index (χ0n) is 33.8. The van der Waals surface area contributed by atoms with Gasteiger partial charge in [-0.3, -0.25) is 0 Å². The molecule has 2 aliphatic heterocycles. The number of fused-ring (bicyclic) bond motifs is 4. The van der Waals surface area contributed by atoms with Gasteiger partial charge in [0.2, 0.25) is 0 Å². The first-order chi connectivity index (χ1) is 27.2. The van der Waals surface area contributed by atoms with Gasteiger partial charge >= 0.3 is 0 Å². The van der Waals surface area contributed by atoms with E-state index in [2.05, 4.69) is 173 Å². The molecule has 56 heavy (non-hydrogen) atoms. The summed E-state index contributed by atoms with van der Waals surface area (Å²) < 4.78 is 0. The average molecular weight is 783 g/mol. The molecule has 1 unspecified atom stereocenters. The van der Waals surface area contributed by atoms with E-state index in [4.69, 9.17) is 0 Å². The molecule has 6 aromatic rings. The van der Waals surface area contributed by atoms with Gasteiger partial charge in [0.05, 0.1) is 0 Å². The Labute approximate surface area is 345 Å². The maximum atomic E-state index is 2.65. The Morgan fingerprint density at radius 2 is 1.09 bits per heavy atom. The zero-order valence-corrected chi connectivity index (χ0v) is 36.4. The van der Waals surface area contributed by atoms with E-state index in [0.717, 1.165) is 0 Å². The van der Waals surface area contributed by atoms with Gasteiger partial charge in [0.15, 0.2) is 0 Å². The van der Waals surface area contributed by atoms with Crippen LogP contribution in [0.3, 0.4) is 0 Å². The van der Waals surface area contributed by atoms with Crippen LogP contribution in [-0.2, 0) is 10.8 Å². The molecule has 10 rings (SSSR count). The fourth-order valence-corrected chi connectivity index (χ4v) is 18.6. The van der Waals surface area contributed by atoms with Crippen molar-refractivity contribution < 1.29 is 0 Å². The summed E-state index contributed by atoms with van der Waals surface area (Å²) in [5.74, 6) is 1.33. The molecule has 0 aromatic heterocycles. The third kappa shape index (κ3) is 5.77. The summed E-state index contributed by atoms with van der Waals surface area (Å²) in [6, 6.07) is 50.4. The molecule has 4 aliphatic rings. The van der Waals surface area contributed by atoms with Crippen LogP contribution >= 0.6 is 23.5 Å². The summed E-state index contributed by atoms with van der Waals surface area (Å²) >= 11 is 4.08. The Balaban J connectivity index is 1.17. The number of hydrogen-bond donors (Lipinski definition) is 0. The van der Waals surface area contributed by atoms with Gasteiger partial charge in [-0.25, -0.2) is 0 Å². The van der Waals surface area contributed by atoms with E-state index in [-0.39, 0.29) is 10.8 Å². The predicted molar refractivity (Wildman–Crippen MR) is 243 cm³/mol. The first kappa shape index (κ1) is 36.6. The van der Waals surface area contributed by atoms with Crippen molar-refractivity contribution >= 4 is 47.2 Å². The minimum atomic E-state index is -2.53. The van der Waals surface area contributed by atoms with E-state index in [1.807, 2.05) is 11.8 Å². The maximum Gasteiger partial charge on any atom is 0.146 e. The molecule has 6 aromatic carbocycles. The molecule has 2 saturated carbocycles. The number of hydrogen-bond acceptors (Lipinski definition) is 2. The first-order valence-corrected chi connectivity index (χ1v) is 25.4. The van der Waals surface area contributed by atoms with Crippen LogP contribution in [0.1, 0.15) is 124 Å². The highest BCUT2D eigenvalue weighted by Gasteiger charge is 2.42. The highest BCUT2D eigenvalue weighted by Crippen LogP contribution is 2.56. The lowest BCUT2D eigenvalue weighted by molar-refractivity contribution is 0.603. The Morgan fingerprint density at radius 1 is 0.500 bits per heavy atom. The van der Waals surface area contributed by atoms with Gasteiger partial charge in [-0.05, 0) is 110 Å². The third-order valence-electron chi connectivity index (χ3n) is 14.5. The molecule has 2 heterocycles. The topological polar surface area (TPSA) is 0 Å². The first-order valence-electron chi connectivity index (χ1n) is 21.2. The van der Waals surface area contributed by atoms with Crippen molar-refractivity contribution in [3.63, 3.8) is 0 Å². The minimum Gasteiger partial charge on any atom is -0.0895 e. The van der Waals surface area contributed by atoms with Crippen molar-refractivity contribution in [2.75, 3.05) is 0 Å². The average Bonchev–Trinajstić information content (AvgIpc) is 3.97. The Morgan fingerprint density at radius 3 is 1.86 bits per heavy atom. The maximum absolute atomic E-state index is 2.65. The molecule has 0 spiro atoms. The molecule has 0 N–H and O–H groups in total. The smallest absolute Gasteiger partial charge is 0.0895 e. The van der Waals surface area contributed by atoms with Crippen molar-refractivity contribution in [2.45, 2.75) is 128 Å². The van der Waals surface area contributed by atoms with Crippen LogP contribution in [0.5, 0.6) is 0 Å². The molecule has 0 nitrogen and oxygen atoms in total. The van der Waals surface area contributed by atoms with E-state index in [1.165, 1.54) is 120 Å². The van der Waals surface area contributed by atoms with Crippen LogP contribution < -0.4 is 15.6 Å². The Hall–Kier alpha value is -3.76. The zero-order chi connectivity index (χ0) is 38.2. The molecule has 2 aliphatic carbocycles. The van der Waals surface area contributed by atoms with E-state index in [9.17, 15) is 0 Å². The van der Waals surface area contributed by atoms with Crippen molar-refractivity contribution in [2.24, 2.45) is 0 Å². The van der Waals surface area contributed by atoms with Crippen LogP contribution in [0, 0.1) is 0 Å². The normalized spacial score (nSPS) is 19.4. The van der Waals surface area contributed by atoms with E-state index in [0.29, 0.717) is 11.8 Å². The quantitative estimate of drug-likeness (QED) is 0.122. The number of benzene rings is 6. The van der Waals surface area contributed by atoms with Crippen molar-refractivity contribution in [1.82, 2.24) is 0 Å². The predicted octanol–water partition coefficient (Wildman–Crippen LogP) is 13.3. The lowest BCUT2D eigenvalue weighted by Gasteiger charge is -2.39. The van der Waals surface area contributed by atoms with Gasteiger partial charge in [-0.2, -0.15) is 0 Å². The van der Waals surface area contributed by atoms with Crippen molar-refractivity contribution in [1.29, 1.82) is 0 Å². The lowest BCUT2D eigenvalue weighted by atomic mass is 9.75. The van der Waals surface area contributed by atoms with Gasteiger partial charge in [0.25, 0.3) is 0 Å². The summed E-state index contributed by atoms with van der Waals surface area (Å²) in [6.07, 6.45) is 10.7. The van der Waals surface area contributed by atoms with E-state index >= 15 is 0 Å². The second kappa shape index (κ2) is 14.0. The Bertz CT molecular complexity index is 2460. The fraction of sp³-hybridized carbons (Fsp3) is 0.321. The molecule has 0 radical (unpaired) electrons. The van der Waals surface area contributed by atoms with E-state index in [1.54, 1.807) is 11.1 Å². The standard InChI is InChI=1S/C53H54S2Si/c1-52(2)42-25-13-14-27-46(42)54-50-44(52)26-16-28-48(50)56(5,39-22-7-6-8-23-39)40-24-15-21-38(33-40)49-41(36-19-11-12-20-36)30-32-45-51(49)55-47-34-37(35-17-9-10-18-35)29-31-43(47)53(45,3)4/h6-8,13-16,21-36H,9-12,17-20H2,1-5H3. The van der Waals surface area contributed by atoms with E-state index < -0.39 is 8.07 Å². The second-order valence-corrected chi connectivity index (χ2v) is 24.4. The van der Waals surface area contributed by atoms with Crippen LogP contribution in [0.2, 0.25) is 6.55 Å². The highest BCUT2D eigenvalue weighted by atomic mass is 32.2. The third-order valence-corrected chi connectivity index (χ3v) is 21.5. The number of rotatable bonds is 6. The minimum absolute atomic E-state index is 0.0680. The molecule has 0 bridgehead atoms. The molecule has 1 atom stereocenters. The van der Waals surface area contributed by atoms with Gasteiger partial charge in [0.1, 0.15) is 8.07 Å². The Kier molecular flexibility index (Phi) is 9.12. The monoisotopic (exact) mass is 782 g/mol. The second-order valence-electron chi connectivity index (χ2n) is 18.3. The molecule has 3 heteroatoms. The van der Waals surface area contributed by atoms with Crippen LogP contribution in [-0.4, -0.2) is 8.07 Å². The summed E-state index contributed by atoms with van der Waals surface area (Å²) in [5.41, 5.74) is 11.8. The summed E-state index contributed by atoms with van der Waals surface area (Å²) in [6.45, 7) is 12.4. The van der Waals surface area contributed by atoms with Crippen LogP contribution in [0.25, 0.3) is 11.1 Å². The molecule has 0 saturated heterocycles. The van der Waals surface area contributed by atoms with Crippen molar-refractivity contribution in [3.05, 3.63) is 161 Å². The summed E-state index contributed by atoms with van der Waals surface area (Å²) in [4.78, 5) is 5.84. The lowest BCUT2D eigenvalue weighted by Crippen LogP contribution is -2.65. The van der Waals surface area contributed by atoms with Crippen LogP contribution in [0.15, 0.2) is 147 Å². The van der Waals surface area contributed by atoms with Gasteiger partial charge in [-0.15, -0.1) is 0 Å². The molecule has 0 amide bonds. The molecular weight excluding hydrogens is 729 g/mol. The summed E-state index contributed by atoms with van der Waals surface area (Å²) in [5, 5.41) is 4.49. The molecule has 282 valence electrons. The fourth-order valence-electron chi connectivity index (χ4n) is 11.1. The van der Waals surface area contributed by atoms with Gasteiger partial charge < -0.3 is 0 Å². The van der Waals surface area contributed by atoms with Gasteiger partial charge in [-0.1, -0.05) is 199 Å². The SMILES string of the molecule is CC1(C)c2ccccc2Sc2c1cccc2[Si](C)(c1ccccc1)c1cccc(-c2c(C3CCCC3)ccc3c2Sc2cc(C4CCCC4)ccc2C3(C)C)c1. The summed E-state index contributed by atoms with van der Waals surface area (Å²) in [7, 11) is -2.53. The molecule has 2 fully saturated rings. The van der Waals surface area contributed by atoms with Gasteiger partial charge in [0, 0.05) is 30.4 Å². The van der Waals surface area contributed by atoms with Crippen molar-refractivity contribution in [3.8, 4) is 11.1 Å². The highest BCUT2D eigenvalue weighted by molar-refractivity contribution is 8.00. The van der Waals surface area contributed by atoms with Crippen LogP contribution in [0.4, 0.5) is 0 Å². The molecular formula is C53H54S2Si.